The Labute approximate surface area is 101 Å². The molecule has 1 aromatic rings. The first-order valence-corrected chi connectivity index (χ1v) is 6.01. The van der Waals surface area contributed by atoms with E-state index in [0.29, 0.717) is 12.5 Å². The predicted octanol–water partition coefficient (Wildman–Crippen LogP) is 1.15. The van der Waals surface area contributed by atoms with Crippen LogP contribution in [0.2, 0.25) is 0 Å². The van der Waals surface area contributed by atoms with Crippen LogP contribution >= 0.6 is 0 Å². The van der Waals surface area contributed by atoms with Crippen LogP contribution in [-0.2, 0) is 16.1 Å². The third-order valence-corrected chi connectivity index (χ3v) is 3.43. The smallest absolute Gasteiger partial charge is 0.310 e. The summed E-state index contributed by atoms with van der Waals surface area (Å²) < 4.78 is 6.92. The molecule has 1 aliphatic heterocycles. The lowest BCUT2D eigenvalue weighted by molar-refractivity contribution is -0.145. The minimum atomic E-state index is -0.116. The van der Waals surface area contributed by atoms with Crippen LogP contribution in [0.4, 0.5) is 5.95 Å². The maximum absolute atomic E-state index is 11.6. The normalized spacial score (nSPS) is 24.1. The topological polar surface area (TPSA) is 47.4 Å². The van der Waals surface area contributed by atoms with Gasteiger partial charge in [-0.15, -0.1) is 0 Å². The molecule has 0 bridgehead atoms. The molecule has 5 nitrogen and oxygen atoms in total. The molecule has 0 saturated carbocycles. The second kappa shape index (κ2) is 4.77. The van der Waals surface area contributed by atoms with Crippen molar-refractivity contribution in [2.24, 2.45) is 11.8 Å². The molecule has 1 saturated heterocycles. The SMILES string of the molecule is CCn1ccnc1N1CC(C)C(C(=O)OC)C1. The van der Waals surface area contributed by atoms with Gasteiger partial charge >= 0.3 is 5.97 Å². The van der Waals surface area contributed by atoms with Crippen molar-refractivity contribution in [3.63, 3.8) is 0 Å². The van der Waals surface area contributed by atoms with E-state index in [1.807, 2.05) is 6.20 Å². The van der Waals surface area contributed by atoms with Gasteiger partial charge in [0.2, 0.25) is 5.95 Å². The number of hydrogen-bond donors (Lipinski definition) is 0. The maximum atomic E-state index is 11.6. The van der Waals surface area contributed by atoms with E-state index in [1.165, 1.54) is 7.11 Å². The molecule has 0 aromatic carbocycles. The van der Waals surface area contributed by atoms with E-state index in [4.69, 9.17) is 4.74 Å². The van der Waals surface area contributed by atoms with Gasteiger partial charge in [-0.05, 0) is 12.8 Å². The molecule has 1 aliphatic rings. The number of hydrogen-bond acceptors (Lipinski definition) is 4. The molecule has 2 rings (SSSR count). The fourth-order valence-corrected chi connectivity index (χ4v) is 2.42. The van der Waals surface area contributed by atoms with E-state index in [-0.39, 0.29) is 11.9 Å². The Kier molecular flexibility index (Phi) is 3.36. The van der Waals surface area contributed by atoms with Gasteiger partial charge in [0.1, 0.15) is 0 Å². The Morgan fingerprint density at radius 1 is 1.59 bits per heavy atom. The summed E-state index contributed by atoms with van der Waals surface area (Å²) in [4.78, 5) is 18.1. The van der Waals surface area contributed by atoms with E-state index in [1.54, 1.807) is 6.20 Å². The molecule has 94 valence electrons. The molecule has 5 heteroatoms. The first-order valence-electron chi connectivity index (χ1n) is 6.01. The first-order chi connectivity index (χ1) is 8.17. The summed E-state index contributed by atoms with van der Waals surface area (Å²) >= 11 is 0. The molecule has 0 N–H and O–H groups in total. The molecule has 2 atom stereocenters. The molecule has 2 unspecified atom stereocenters. The van der Waals surface area contributed by atoms with Crippen LogP contribution in [0.15, 0.2) is 12.4 Å². The van der Waals surface area contributed by atoms with Gasteiger partial charge in [-0.2, -0.15) is 0 Å². The zero-order chi connectivity index (χ0) is 12.4. The zero-order valence-corrected chi connectivity index (χ0v) is 10.6. The number of carbonyl (C=O) groups is 1. The number of imidazole rings is 1. The second-order valence-electron chi connectivity index (χ2n) is 4.53. The van der Waals surface area contributed by atoms with Crippen molar-refractivity contribution in [3.05, 3.63) is 12.4 Å². The average Bonchev–Trinajstić information content (AvgIpc) is 2.93. The van der Waals surface area contributed by atoms with Gasteiger partial charge < -0.3 is 14.2 Å². The van der Waals surface area contributed by atoms with Crippen LogP contribution < -0.4 is 4.90 Å². The molecular weight excluding hydrogens is 218 g/mol. The third-order valence-electron chi connectivity index (χ3n) is 3.43. The number of aryl methyl sites for hydroxylation is 1. The maximum Gasteiger partial charge on any atom is 0.310 e. The molecule has 17 heavy (non-hydrogen) atoms. The average molecular weight is 237 g/mol. The van der Waals surface area contributed by atoms with Crippen molar-refractivity contribution in [2.45, 2.75) is 20.4 Å². The number of nitrogens with zero attached hydrogens (tertiary/aromatic N) is 3. The van der Waals surface area contributed by atoms with Crippen LogP contribution in [0.3, 0.4) is 0 Å². The largest absolute Gasteiger partial charge is 0.469 e. The van der Waals surface area contributed by atoms with Crippen molar-refractivity contribution in [1.82, 2.24) is 9.55 Å². The Balaban J connectivity index is 2.13. The van der Waals surface area contributed by atoms with Crippen molar-refractivity contribution < 1.29 is 9.53 Å². The van der Waals surface area contributed by atoms with Crippen LogP contribution in [0.25, 0.3) is 0 Å². The van der Waals surface area contributed by atoms with E-state index >= 15 is 0 Å². The summed E-state index contributed by atoms with van der Waals surface area (Å²) in [6, 6.07) is 0. The quantitative estimate of drug-likeness (QED) is 0.740. The van der Waals surface area contributed by atoms with Crippen molar-refractivity contribution in [3.8, 4) is 0 Å². The van der Waals surface area contributed by atoms with E-state index in [9.17, 15) is 4.79 Å². The summed E-state index contributed by atoms with van der Waals surface area (Å²) in [5.74, 6) is 1.10. The number of ether oxygens (including phenoxy) is 1. The summed E-state index contributed by atoms with van der Waals surface area (Å²) in [7, 11) is 1.45. The lowest BCUT2D eigenvalue weighted by Gasteiger charge is -2.18. The van der Waals surface area contributed by atoms with Crippen LogP contribution in [0.1, 0.15) is 13.8 Å². The molecule has 2 heterocycles. The molecule has 1 fully saturated rings. The predicted molar refractivity (Wildman–Crippen MR) is 64.8 cm³/mol. The number of methoxy groups -OCH3 is 1. The molecule has 0 aliphatic carbocycles. The van der Waals surface area contributed by atoms with Gasteiger partial charge in [0.05, 0.1) is 13.0 Å². The number of anilines is 1. The molecule has 0 spiro atoms. The van der Waals surface area contributed by atoms with Gasteiger partial charge in [0.15, 0.2) is 0 Å². The Morgan fingerprint density at radius 2 is 2.35 bits per heavy atom. The van der Waals surface area contributed by atoms with Gasteiger partial charge in [-0.1, -0.05) is 6.92 Å². The van der Waals surface area contributed by atoms with Crippen LogP contribution in [-0.4, -0.2) is 35.7 Å². The van der Waals surface area contributed by atoms with E-state index < -0.39 is 0 Å². The molecule has 0 radical (unpaired) electrons. The first kappa shape index (κ1) is 12.0. The van der Waals surface area contributed by atoms with Crippen molar-refractivity contribution in [1.29, 1.82) is 0 Å². The van der Waals surface area contributed by atoms with Gasteiger partial charge in [-0.25, -0.2) is 4.98 Å². The number of carbonyl (C=O) groups excluding carboxylic acids is 1. The highest BCUT2D eigenvalue weighted by molar-refractivity contribution is 5.74. The molecular formula is C12H19N3O2. The van der Waals surface area contributed by atoms with Crippen molar-refractivity contribution >= 4 is 11.9 Å². The highest BCUT2D eigenvalue weighted by Crippen LogP contribution is 2.27. The van der Waals surface area contributed by atoms with Gasteiger partial charge in [-0.3, -0.25) is 4.79 Å². The number of rotatable bonds is 3. The van der Waals surface area contributed by atoms with Crippen LogP contribution in [0.5, 0.6) is 0 Å². The minimum Gasteiger partial charge on any atom is -0.469 e. The fraction of sp³-hybridized carbons (Fsp3) is 0.667. The van der Waals surface area contributed by atoms with Crippen LogP contribution in [0, 0.1) is 11.8 Å². The monoisotopic (exact) mass is 237 g/mol. The number of aromatic nitrogens is 2. The van der Waals surface area contributed by atoms with Gasteiger partial charge in [0, 0.05) is 32.0 Å². The summed E-state index contributed by atoms with van der Waals surface area (Å²) in [6.45, 7) is 6.62. The summed E-state index contributed by atoms with van der Waals surface area (Å²) in [5, 5.41) is 0. The Morgan fingerprint density at radius 3 is 3.00 bits per heavy atom. The van der Waals surface area contributed by atoms with Crippen molar-refractivity contribution in [2.75, 3.05) is 25.1 Å². The highest BCUT2D eigenvalue weighted by atomic mass is 16.5. The minimum absolute atomic E-state index is 0.0398. The molecule has 0 amide bonds. The number of esters is 1. The Bertz CT molecular complexity index is 402. The van der Waals surface area contributed by atoms with Gasteiger partial charge in [0.25, 0.3) is 0 Å². The fourth-order valence-electron chi connectivity index (χ4n) is 2.42. The summed E-state index contributed by atoms with van der Waals surface area (Å²) in [6.07, 6.45) is 3.76. The summed E-state index contributed by atoms with van der Waals surface area (Å²) in [5.41, 5.74) is 0. The highest BCUT2D eigenvalue weighted by Gasteiger charge is 2.36. The zero-order valence-electron chi connectivity index (χ0n) is 10.6. The van der Waals surface area contributed by atoms with E-state index in [0.717, 1.165) is 19.0 Å². The molecule has 1 aromatic heterocycles. The van der Waals surface area contributed by atoms with E-state index in [2.05, 4.69) is 28.3 Å². The Hall–Kier alpha value is -1.52. The standard InChI is InChI=1S/C12H19N3O2/c1-4-14-6-5-13-12(14)15-7-9(2)10(8-15)11(16)17-3/h5-6,9-10H,4,7-8H2,1-3H3. The second-order valence-corrected chi connectivity index (χ2v) is 4.53. The third kappa shape index (κ3) is 2.14. The lowest BCUT2D eigenvalue weighted by Crippen LogP contribution is -2.26. The lowest BCUT2D eigenvalue weighted by atomic mass is 9.99.